The molecule has 3 N–H and O–H groups in total. The van der Waals surface area contributed by atoms with Crippen molar-refractivity contribution in [1.29, 1.82) is 5.26 Å². The molecular formula is C19H25N3O5S. The Balaban J connectivity index is 0.000000416. The van der Waals surface area contributed by atoms with Gasteiger partial charge in [-0.25, -0.2) is 9.59 Å². The van der Waals surface area contributed by atoms with E-state index in [0.29, 0.717) is 24.3 Å². The van der Waals surface area contributed by atoms with Crippen molar-refractivity contribution in [2.24, 2.45) is 0 Å². The molecule has 9 heteroatoms. The Morgan fingerprint density at radius 1 is 1.14 bits per heavy atom. The largest absolute Gasteiger partial charge is 0.478 e. The van der Waals surface area contributed by atoms with E-state index in [4.69, 9.17) is 10.2 Å². The Morgan fingerprint density at radius 3 is 2.21 bits per heavy atom. The average Bonchev–Trinajstić information content (AvgIpc) is 3.01. The fourth-order valence-corrected chi connectivity index (χ4v) is 3.99. The lowest BCUT2D eigenvalue weighted by Crippen LogP contribution is -2.32. The second-order valence-electron chi connectivity index (χ2n) is 6.05. The molecule has 0 aliphatic heterocycles. The number of carboxylic acid groups (broad SMARTS) is 2. The number of nitrogens with zero attached hydrogens (tertiary/aromatic N) is 2. The third-order valence-electron chi connectivity index (χ3n) is 4.17. The van der Waals surface area contributed by atoms with Crippen LogP contribution in [0.3, 0.4) is 0 Å². The quantitative estimate of drug-likeness (QED) is 0.592. The normalized spacial score (nSPS) is 12.6. The summed E-state index contributed by atoms with van der Waals surface area (Å²) in [5.41, 5.74) is 1.86. The molecule has 1 aromatic heterocycles. The van der Waals surface area contributed by atoms with E-state index < -0.39 is 11.9 Å². The molecule has 0 atom stereocenters. The summed E-state index contributed by atoms with van der Waals surface area (Å²) < 4.78 is 0. The van der Waals surface area contributed by atoms with Gasteiger partial charge in [0, 0.05) is 17.0 Å². The third kappa shape index (κ3) is 7.50. The Hall–Kier alpha value is -2.70. The van der Waals surface area contributed by atoms with Crippen molar-refractivity contribution in [2.75, 3.05) is 25.0 Å². The van der Waals surface area contributed by atoms with E-state index in [1.807, 2.05) is 13.8 Å². The van der Waals surface area contributed by atoms with Crippen LogP contribution in [-0.4, -0.2) is 52.6 Å². The summed E-state index contributed by atoms with van der Waals surface area (Å²) in [6.07, 6.45) is 5.46. The minimum Gasteiger partial charge on any atom is -0.478 e. The zero-order valence-corrected chi connectivity index (χ0v) is 16.8. The van der Waals surface area contributed by atoms with Gasteiger partial charge in [0.25, 0.3) is 0 Å². The van der Waals surface area contributed by atoms with Crippen LogP contribution in [0.25, 0.3) is 0 Å². The first-order valence-electron chi connectivity index (χ1n) is 9.03. The summed E-state index contributed by atoms with van der Waals surface area (Å²) >= 11 is 1.58. The minimum absolute atomic E-state index is 0.0243. The summed E-state index contributed by atoms with van der Waals surface area (Å²) in [5.74, 6) is -2.54. The zero-order chi connectivity index (χ0) is 21.1. The highest BCUT2D eigenvalue weighted by atomic mass is 32.1. The van der Waals surface area contributed by atoms with Crippen molar-refractivity contribution in [3.63, 3.8) is 0 Å². The summed E-state index contributed by atoms with van der Waals surface area (Å²) in [6.45, 7) is 6.19. The van der Waals surface area contributed by atoms with Gasteiger partial charge in [0.2, 0.25) is 5.91 Å². The first kappa shape index (κ1) is 23.3. The fraction of sp³-hybridized carbons (Fsp3) is 0.474. The SMILES string of the molecule is CCN(CC)CC(=O)Nc1sc2c(c1C#N)CCCC2.O=C(O)/C=C\C(=O)O. The maximum atomic E-state index is 12.1. The van der Waals surface area contributed by atoms with Gasteiger partial charge in [0.1, 0.15) is 11.1 Å². The highest BCUT2D eigenvalue weighted by molar-refractivity contribution is 7.16. The summed E-state index contributed by atoms with van der Waals surface area (Å²) in [6, 6.07) is 2.27. The maximum absolute atomic E-state index is 12.1. The van der Waals surface area contributed by atoms with Crippen LogP contribution in [0.15, 0.2) is 12.2 Å². The third-order valence-corrected chi connectivity index (χ3v) is 5.37. The van der Waals surface area contributed by atoms with Crippen LogP contribution in [0, 0.1) is 11.3 Å². The van der Waals surface area contributed by atoms with E-state index in [1.165, 1.54) is 16.9 Å². The number of hydrogen-bond donors (Lipinski definition) is 3. The van der Waals surface area contributed by atoms with E-state index in [2.05, 4.69) is 16.3 Å². The molecule has 0 spiro atoms. The molecule has 28 heavy (non-hydrogen) atoms. The average molecular weight is 407 g/mol. The summed E-state index contributed by atoms with van der Waals surface area (Å²) in [5, 5.41) is 28.6. The lowest BCUT2D eigenvalue weighted by Gasteiger charge is -2.16. The number of hydrogen-bond acceptors (Lipinski definition) is 6. The van der Waals surface area contributed by atoms with Crippen molar-refractivity contribution in [3.05, 3.63) is 28.2 Å². The standard InChI is InChI=1S/C15H21N3OS.C4H4O4/c1-3-18(4-2)10-14(19)17-15-12(9-16)11-7-5-6-8-13(11)20-15;5-3(6)1-2-4(7)8/h3-8,10H2,1-2H3,(H,17,19);1-2H,(H,5,6)(H,7,8)/b;2-1-. The monoisotopic (exact) mass is 407 g/mol. The number of amides is 1. The minimum atomic E-state index is -1.26. The number of thiophene rings is 1. The molecule has 8 nitrogen and oxygen atoms in total. The van der Waals surface area contributed by atoms with Crippen molar-refractivity contribution in [2.45, 2.75) is 39.5 Å². The number of nitrogens with one attached hydrogen (secondary N) is 1. The van der Waals surface area contributed by atoms with Gasteiger partial charge >= 0.3 is 11.9 Å². The second-order valence-corrected chi connectivity index (χ2v) is 7.15. The fourth-order valence-electron chi connectivity index (χ4n) is 2.73. The number of likely N-dealkylation sites (N-methyl/N-ethyl adjacent to an activating group) is 1. The smallest absolute Gasteiger partial charge is 0.328 e. The summed E-state index contributed by atoms with van der Waals surface area (Å²) in [7, 11) is 0. The predicted molar refractivity (Wildman–Crippen MR) is 107 cm³/mol. The molecule has 0 aromatic carbocycles. The number of anilines is 1. The molecule has 0 fully saturated rings. The topological polar surface area (TPSA) is 131 Å². The lowest BCUT2D eigenvalue weighted by molar-refractivity contribution is -0.134. The van der Waals surface area contributed by atoms with E-state index in [1.54, 1.807) is 11.3 Å². The Labute approximate surface area is 168 Å². The molecule has 0 bridgehead atoms. The maximum Gasteiger partial charge on any atom is 0.328 e. The van der Waals surface area contributed by atoms with Gasteiger partial charge in [0.05, 0.1) is 12.1 Å². The highest BCUT2D eigenvalue weighted by Gasteiger charge is 2.22. The molecule has 0 radical (unpaired) electrons. The van der Waals surface area contributed by atoms with Crippen LogP contribution in [-0.2, 0) is 27.2 Å². The lowest BCUT2D eigenvalue weighted by atomic mass is 9.96. The second kappa shape index (κ2) is 11.9. The van der Waals surface area contributed by atoms with Crippen LogP contribution in [0.5, 0.6) is 0 Å². The van der Waals surface area contributed by atoms with Crippen LogP contribution in [0.4, 0.5) is 5.00 Å². The van der Waals surface area contributed by atoms with Gasteiger partial charge in [-0.3, -0.25) is 9.69 Å². The van der Waals surface area contributed by atoms with Gasteiger partial charge in [0.15, 0.2) is 0 Å². The molecule has 1 heterocycles. The molecule has 1 aliphatic rings. The number of carbonyl (C=O) groups is 3. The Kier molecular flexibility index (Phi) is 9.92. The van der Waals surface area contributed by atoms with Crippen molar-refractivity contribution in [3.8, 4) is 6.07 Å². The summed E-state index contributed by atoms with van der Waals surface area (Å²) in [4.78, 5) is 34.5. The van der Waals surface area contributed by atoms with Gasteiger partial charge in [-0.1, -0.05) is 13.8 Å². The molecule has 1 amide bonds. The molecule has 0 unspecified atom stereocenters. The van der Waals surface area contributed by atoms with Crippen molar-refractivity contribution in [1.82, 2.24) is 4.90 Å². The van der Waals surface area contributed by atoms with Gasteiger partial charge in [-0.05, 0) is 44.3 Å². The van der Waals surface area contributed by atoms with Gasteiger partial charge in [-0.15, -0.1) is 11.3 Å². The highest BCUT2D eigenvalue weighted by Crippen LogP contribution is 2.37. The first-order chi connectivity index (χ1) is 13.3. The molecular weight excluding hydrogens is 382 g/mol. The number of rotatable bonds is 7. The Morgan fingerprint density at radius 2 is 1.71 bits per heavy atom. The number of carbonyl (C=O) groups excluding carboxylic acids is 1. The predicted octanol–water partition coefficient (Wildman–Crippen LogP) is 2.49. The number of fused-ring (bicyclic) bond motifs is 1. The van der Waals surface area contributed by atoms with Crippen molar-refractivity contribution < 1.29 is 24.6 Å². The van der Waals surface area contributed by atoms with Gasteiger partial charge in [-0.2, -0.15) is 5.26 Å². The van der Waals surface area contributed by atoms with Crippen LogP contribution < -0.4 is 5.32 Å². The molecule has 2 rings (SSSR count). The Bertz CT molecular complexity index is 759. The van der Waals surface area contributed by atoms with E-state index in [0.717, 1.165) is 37.4 Å². The van der Waals surface area contributed by atoms with Gasteiger partial charge < -0.3 is 15.5 Å². The zero-order valence-electron chi connectivity index (χ0n) is 16.0. The number of aliphatic carboxylic acids is 2. The van der Waals surface area contributed by atoms with Crippen LogP contribution in [0.1, 0.15) is 42.7 Å². The molecule has 0 saturated carbocycles. The van der Waals surface area contributed by atoms with Crippen LogP contribution in [0.2, 0.25) is 0 Å². The van der Waals surface area contributed by atoms with Crippen LogP contribution >= 0.6 is 11.3 Å². The molecule has 152 valence electrons. The number of nitriles is 1. The van der Waals surface area contributed by atoms with E-state index >= 15 is 0 Å². The first-order valence-corrected chi connectivity index (χ1v) is 9.84. The number of aryl methyl sites for hydroxylation is 1. The molecule has 1 aromatic rings. The number of carboxylic acids is 2. The van der Waals surface area contributed by atoms with E-state index in [9.17, 15) is 19.6 Å². The molecule has 1 aliphatic carbocycles. The van der Waals surface area contributed by atoms with E-state index in [-0.39, 0.29) is 5.91 Å². The molecule has 0 saturated heterocycles. The van der Waals surface area contributed by atoms with Crippen molar-refractivity contribution >= 4 is 34.2 Å².